The first-order valence-corrected chi connectivity index (χ1v) is 11.3. The van der Waals surface area contributed by atoms with Crippen LogP contribution in [0.3, 0.4) is 0 Å². The van der Waals surface area contributed by atoms with E-state index in [1.54, 1.807) is 11.8 Å². The Morgan fingerprint density at radius 2 is 1.84 bits per heavy atom. The van der Waals surface area contributed by atoms with Gasteiger partial charge in [-0.15, -0.1) is 0 Å². The summed E-state index contributed by atoms with van der Waals surface area (Å²) < 4.78 is 0. The fourth-order valence-electron chi connectivity index (χ4n) is 4.16. The molecule has 0 heterocycles. The zero-order chi connectivity index (χ0) is 22.6. The van der Waals surface area contributed by atoms with Crippen LogP contribution in [0.4, 0.5) is 0 Å². The van der Waals surface area contributed by atoms with Gasteiger partial charge in [0.15, 0.2) is 5.96 Å². The molecule has 172 valence electrons. The predicted octanol–water partition coefficient (Wildman–Crippen LogP) is 1.28. The number of nitrogens with two attached hydrogens (primary N) is 3. The summed E-state index contributed by atoms with van der Waals surface area (Å²) >= 11 is 0. The molecule has 31 heavy (non-hydrogen) atoms. The smallest absolute Gasteiger partial charge is 0.242 e. The maximum Gasteiger partial charge on any atom is 0.242 e. The Morgan fingerprint density at radius 3 is 2.45 bits per heavy atom. The minimum absolute atomic E-state index is 0.0275. The Hall–Kier alpha value is -2.61. The quantitative estimate of drug-likeness (QED) is 0.238. The molecule has 0 bridgehead atoms. The molecule has 0 unspecified atom stereocenters. The lowest BCUT2D eigenvalue weighted by molar-refractivity contribution is -0.145. The standard InChI is InChI=1S/C23H38N6O2/c1-17(24)22(31)29(19-11-6-3-7-12-19)20(13-8-15-28-23(25)26)21(30)27-16-14-18-9-4-2-5-10-18/h2,4-5,9-10,17,19-20H,3,6-8,11-16,24H2,1H3,(H,27,30)(H4,25,26,28)/t17-,20-/m0/s1. The number of aliphatic imine (C=N–C) groups is 1. The van der Waals surface area contributed by atoms with Gasteiger partial charge in [-0.3, -0.25) is 14.6 Å². The Bertz CT molecular complexity index is 712. The Morgan fingerprint density at radius 1 is 1.16 bits per heavy atom. The van der Waals surface area contributed by atoms with Crippen LogP contribution in [0.1, 0.15) is 57.4 Å². The fraction of sp³-hybridized carbons (Fsp3) is 0.609. The van der Waals surface area contributed by atoms with Gasteiger partial charge in [0.2, 0.25) is 11.8 Å². The zero-order valence-corrected chi connectivity index (χ0v) is 18.6. The largest absolute Gasteiger partial charge is 0.370 e. The summed E-state index contributed by atoms with van der Waals surface area (Å²) in [6.45, 7) is 2.61. The minimum atomic E-state index is -0.653. The summed E-state index contributed by atoms with van der Waals surface area (Å²) in [6, 6.07) is 8.81. The van der Waals surface area contributed by atoms with Crippen LogP contribution in [0.25, 0.3) is 0 Å². The maximum absolute atomic E-state index is 13.2. The van der Waals surface area contributed by atoms with Gasteiger partial charge in [-0.2, -0.15) is 0 Å². The van der Waals surface area contributed by atoms with E-state index in [1.165, 1.54) is 0 Å². The number of amides is 2. The third kappa shape index (κ3) is 8.20. The van der Waals surface area contributed by atoms with Crippen LogP contribution in [-0.4, -0.2) is 53.9 Å². The number of benzene rings is 1. The van der Waals surface area contributed by atoms with E-state index in [0.29, 0.717) is 25.9 Å². The monoisotopic (exact) mass is 430 g/mol. The Kier molecular flexibility index (Phi) is 10.3. The van der Waals surface area contributed by atoms with E-state index in [0.717, 1.165) is 44.1 Å². The number of nitrogens with zero attached hydrogens (tertiary/aromatic N) is 2. The third-order valence-corrected chi connectivity index (χ3v) is 5.74. The molecular formula is C23H38N6O2. The van der Waals surface area contributed by atoms with Crippen LogP contribution in [0.5, 0.6) is 0 Å². The molecule has 0 saturated heterocycles. The molecule has 1 aliphatic carbocycles. The maximum atomic E-state index is 13.2. The van der Waals surface area contributed by atoms with Gasteiger partial charge in [-0.1, -0.05) is 49.6 Å². The lowest BCUT2D eigenvalue weighted by Gasteiger charge is -2.40. The molecule has 1 aromatic carbocycles. The molecule has 2 amide bonds. The number of hydrogen-bond acceptors (Lipinski definition) is 4. The van der Waals surface area contributed by atoms with Crippen molar-refractivity contribution < 1.29 is 9.59 Å². The van der Waals surface area contributed by atoms with E-state index < -0.39 is 12.1 Å². The lowest BCUT2D eigenvalue weighted by Crippen LogP contribution is -2.58. The highest BCUT2D eigenvalue weighted by atomic mass is 16.2. The number of carbonyl (C=O) groups is 2. The highest BCUT2D eigenvalue weighted by molar-refractivity contribution is 5.89. The summed E-state index contributed by atoms with van der Waals surface area (Å²) in [7, 11) is 0. The molecule has 8 nitrogen and oxygen atoms in total. The molecule has 0 aliphatic heterocycles. The summed E-state index contributed by atoms with van der Waals surface area (Å²) in [4.78, 5) is 32.1. The van der Waals surface area contributed by atoms with Crippen molar-refractivity contribution >= 4 is 17.8 Å². The van der Waals surface area contributed by atoms with Gasteiger partial charge in [0, 0.05) is 19.1 Å². The van der Waals surface area contributed by atoms with Crippen LogP contribution in [-0.2, 0) is 16.0 Å². The second kappa shape index (κ2) is 12.9. The van der Waals surface area contributed by atoms with E-state index in [1.807, 2.05) is 30.3 Å². The van der Waals surface area contributed by atoms with Crippen molar-refractivity contribution in [3.63, 3.8) is 0 Å². The summed E-state index contributed by atoms with van der Waals surface area (Å²) in [5.41, 5.74) is 18.0. The molecule has 1 aromatic rings. The first-order chi connectivity index (χ1) is 14.9. The van der Waals surface area contributed by atoms with E-state index in [2.05, 4.69) is 10.3 Å². The van der Waals surface area contributed by atoms with Crippen molar-refractivity contribution in [2.24, 2.45) is 22.2 Å². The van der Waals surface area contributed by atoms with Gasteiger partial charge in [-0.25, -0.2) is 0 Å². The average Bonchev–Trinajstić information content (AvgIpc) is 2.76. The highest BCUT2D eigenvalue weighted by Gasteiger charge is 2.36. The molecule has 0 aromatic heterocycles. The average molecular weight is 431 g/mol. The normalized spacial score (nSPS) is 16.2. The molecule has 2 rings (SSSR count). The zero-order valence-electron chi connectivity index (χ0n) is 18.6. The number of nitrogens with one attached hydrogen (secondary N) is 1. The van der Waals surface area contributed by atoms with Crippen molar-refractivity contribution in [1.29, 1.82) is 0 Å². The summed E-state index contributed by atoms with van der Waals surface area (Å²) in [5, 5.41) is 3.04. The third-order valence-electron chi connectivity index (χ3n) is 5.74. The van der Waals surface area contributed by atoms with Gasteiger partial charge in [0.1, 0.15) is 6.04 Å². The first kappa shape index (κ1) is 24.7. The number of rotatable bonds is 11. The van der Waals surface area contributed by atoms with Crippen LogP contribution >= 0.6 is 0 Å². The minimum Gasteiger partial charge on any atom is -0.370 e. The van der Waals surface area contributed by atoms with E-state index in [-0.39, 0.29) is 23.8 Å². The van der Waals surface area contributed by atoms with Crippen LogP contribution < -0.4 is 22.5 Å². The lowest BCUT2D eigenvalue weighted by atomic mass is 9.91. The summed E-state index contributed by atoms with van der Waals surface area (Å²) in [6.07, 6.45) is 6.91. The Labute approximate surface area is 185 Å². The first-order valence-electron chi connectivity index (χ1n) is 11.3. The molecule has 1 fully saturated rings. The van der Waals surface area contributed by atoms with Gasteiger partial charge in [0.25, 0.3) is 0 Å². The van der Waals surface area contributed by atoms with Gasteiger partial charge in [0.05, 0.1) is 6.04 Å². The SMILES string of the molecule is C[C@H](N)C(=O)N(C1CCCCC1)[C@@H](CCCN=C(N)N)C(=O)NCCc1ccccc1. The second-order valence-electron chi connectivity index (χ2n) is 8.32. The Balaban J connectivity index is 2.12. The van der Waals surface area contributed by atoms with Crippen molar-refractivity contribution in [2.45, 2.75) is 76.4 Å². The van der Waals surface area contributed by atoms with E-state index in [4.69, 9.17) is 17.2 Å². The van der Waals surface area contributed by atoms with E-state index in [9.17, 15) is 9.59 Å². The van der Waals surface area contributed by atoms with Crippen molar-refractivity contribution in [1.82, 2.24) is 10.2 Å². The summed E-state index contributed by atoms with van der Waals surface area (Å²) in [5.74, 6) is -0.281. The van der Waals surface area contributed by atoms with Crippen LogP contribution in [0.15, 0.2) is 35.3 Å². The van der Waals surface area contributed by atoms with Gasteiger partial charge < -0.3 is 27.4 Å². The molecule has 0 radical (unpaired) electrons. The molecule has 1 saturated carbocycles. The number of guanidine groups is 1. The number of hydrogen-bond donors (Lipinski definition) is 4. The van der Waals surface area contributed by atoms with Crippen molar-refractivity contribution in [3.05, 3.63) is 35.9 Å². The molecule has 1 aliphatic rings. The van der Waals surface area contributed by atoms with Gasteiger partial charge in [-0.05, 0) is 44.6 Å². The molecular weight excluding hydrogens is 392 g/mol. The highest BCUT2D eigenvalue weighted by Crippen LogP contribution is 2.26. The molecule has 7 N–H and O–H groups in total. The van der Waals surface area contributed by atoms with Crippen molar-refractivity contribution in [3.8, 4) is 0 Å². The second-order valence-corrected chi connectivity index (χ2v) is 8.32. The molecule has 0 spiro atoms. The topological polar surface area (TPSA) is 140 Å². The predicted molar refractivity (Wildman–Crippen MR) is 124 cm³/mol. The van der Waals surface area contributed by atoms with E-state index >= 15 is 0 Å². The van der Waals surface area contributed by atoms with Crippen molar-refractivity contribution in [2.75, 3.05) is 13.1 Å². The fourth-order valence-corrected chi connectivity index (χ4v) is 4.16. The molecule has 2 atom stereocenters. The van der Waals surface area contributed by atoms with Crippen LogP contribution in [0.2, 0.25) is 0 Å². The number of carbonyl (C=O) groups excluding carboxylic acids is 2. The van der Waals surface area contributed by atoms with Crippen LogP contribution in [0, 0.1) is 0 Å². The molecule has 8 heteroatoms. The van der Waals surface area contributed by atoms with Gasteiger partial charge >= 0.3 is 0 Å².